The zero-order valence-electron chi connectivity index (χ0n) is 19.0. The number of piperidine rings is 1. The number of hydrogen-bond donors (Lipinski definition) is 2. The number of aromatic amines is 1. The lowest BCUT2D eigenvalue weighted by Crippen LogP contribution is -2.40. The molecule has 0 aliphatic carbocycles. The Hall–Kier alpha value is -3.61. The first-order valence-corrected chi connectivity index (χ1v) is 11.4. The summed E-state index contributed by atoms with van der Waals surface area (Å²) in [4.78, 5) is 43.3. The third-order valence-corrected chi connectivity index (χ3v) is 6.90. The molecule has 7 nitrogen and oxygen atoms in total. The van der Waals surface area contributed by atoms with Gasteiger partial charge in [-0.05, 0) is 75.6 Å². The molecular weight excluding hydrogens is 418 g/mol. The molecule has 0 bridgehead atoms. The van der Waals surface area contributed by atoms with Crippen LogP contribution in [0, 0.1) is 19.8 Å². The molecule has 2 aliphatic rings. The molecule has 0 saturated carbocycles. The molecule has 33 heavy (non-hydrogen) atoms. The number of ether oxygens (including phenoxy) is 1. The summed E-state index contributed by atoms with van der Waals surface area (Å²) in [6.45, 7) is 6.85. The van der Waals surface area contributed by atoms with Crippen LogP contribution >= 0.6 is 0 Å². The lowest BCUT2D eigenvalue weighted by Gasteiger charge is -2.31. The summed E-state index contributed by atoms with van der Waals surface area (Å²) in [5.41, 5.74) is 5.06. The number of carbonyl (C=O) groups excluding carboxylic acids is 3. The van der Waals surface area contributed by atoms with Gasteiger partial charge in [-0.1, -0.05) is 0 Å². The maximum atomic E-state index is 13.1. The molecular formula is C26H27N3O4. The van der Waals surface area contributed by atoms with E-state index in [1.807, 2.05) is 30.0 Å². The molecule has 1 unspecified atom stereocenters. The summed E-state index contributed by atoms with van der Waals surface area (Å²) in [7, 11) is 0. The van der Waals surface area contributed by atoms with Crippen LogP contribution in [0.25, 0.3) is 10.9 Å². The largest absolute Gasteiger partial charge is 0.479 e. The van der Waals surface area contributed by atoms with Crippen molar-refractivity contribution in [2.24, 2.45) is 5.92 Å². The summed E-state index contributed by atoms with van der Waals surface area (Å²) in [5.74, 6) is 0.246. The van der Waals surface area contributed by atoms with Crippen molar-refractivity contribution in [1.29, 1.82) is 0 Å². The van der Waals surface area contributed by atoms with Crippen LogP contribution in [0.1, 0.15) is 51.7 Å². The molecule has 170 valence electrons. The Labute approximate surface area is 192 Å². The van der Waals surface area contributed by atoms with Crippen LogP contribution in [0.15, 0.2) is 36.4 Å². The molecule has 0 spiro atoms. The number of anilines is 1. The molecule has 1 fully saturated rings. The van der Waals surface area contributed by atoms with E-state index < -0.39 is 6.10 Å². The van der Waals surface area contributed by atoms with E-state index in [0.717, 1.165) is 22.2 Å². The summed E-state index contributed by atoms with van der Waals surface area (Å²) in [6.07, 6.45) is 0.685. The van der Waals surface area contributed by atoms with Crippen molar-refractivity contribution in [3.63, 3.8) is 0 Å². The van der Waals surface area contributed by atoms with Crippen LogP contribution in [0.3, 0.4) is 0 Å². The number of amides is 2. The van der Waals surface area contributed by atoms with Crippen LogP contribution in [0.4, 0.5) is 5.69 Å². The van der Waals surface area contributed by atoms with E-state index in [2.05, 4.69) is 17.2 Å². The van der Waals surface area contributed by atoms with Gasteiger partial charge in [0.05, 0.1) is 5.69 Å². The quantitative estimate of drug-likeness (QED) is 0.590. The molecule has 3 aromatic rings. The number of aryl methyl sites for hydroxylation is 2. The average Bonchev–Trinajstić information content (AvgIpc) is 3.11. The average molecular weight is 446 g/mol. The Balaban J connectivity index is 1.26. The molecule has 2 N–H and O–H groups in total. The monoisotopic (exact) mass is 445 g/mol. The number of fused-ring (bicyclic) bond motifs is 2. The third-order valence-electron chi connectivity index (χ3n) is 6.90. The summed E-state index contributed by atoms with van der Waals surface area (Å²) < 4.78 is 5.57. The van der Waals surface area contributed by atoms with Crippen LogP contribution < -0.4 is 10.1 Å². The van der Waals surface area contributed by atoms with Gasteiger partial charge in [-0.3, -0.25) is 14.4 Å². The lowest BCUT2D eigenvalue weighted by molar-refractivity contribution is -0.122. The van der Waals surface area contributed by atoms with Crippen LogP contribution in [-0.4, -0.2) is 46.7 Å². The van der Waals surface area contributed by atoms with Crippen molar-refractivity contribution >= 4 is 34.2 Å². The minimum absolute atomic E-state index is 0.00353. The third kappa shape index (κ3) is 3.77. The molecule has 2 aliphatic heterocycles. The van der Waals surface area contributed by atoms with E-state index in [-0.39, 0.29) is 23.5 Å². The second-order valence-electron chi connectivity index (χ2n) is 9.03. The Morgan fingerprint density at radius 2 is 1.76 bits per heavy atom. The first-order chi connectivity index (χ1) is 15.8. The van der Waals surface area contributed by atoms with Crippen molar-refractivity contribution < 1.29 is 19.1 Å². The van der Waals surface area contributed by atoms with E-state index >= 15 is 0 Å². The van der Waals surface area contributed by atoms with E-state index in [4.69, 9.17) is 4.74 Å². The number of aromatic nitrogens is 1. The van der Waals surface area contributed by atoms with Crippen LogP contribution in [-0.2, 0) is 4.79 Å². The van der Waals surface area contributed by atoms with Crippen LogP contribution in [0.2, 0.25) is 0 Å². The first kappa shape index (κ1) is 21.2. The van der Waals surface area contributed by atoms with E-state index in [1.54, 1.807) is 25.1 Å². The Morgan fingerprint density at radius 1 is 1.03 bits per heavy atom. The lowest BCUT2D eigenvalue weighted by atomic mass is 9.88. The molecule has 7 heteroatoms. The minimum Gasteiger partial charge on any atom is -0.479 e. The predicted octanol–water partition coefficient (Wildman–Crippen LogP) is 4.24. The molecule has 1 aromatic heterocycles. The highest BCUT2D eigenvalue weighted by Gasteiger charge is 2.30. The zero-order valence-corrected chi connectivity index (χ0v) is 19.0. The highest BCUT2D eigenvalue weighted by Crippen LogP contribution is 2.32. The van der Waals surface area contributed by atoms with Crippen LogP contribution in [0.5, 0.6) is 5.75 Å². The number of H-pyrrole nitrogens is 1. The second-order valence-corrected chi connectivity index (χ2v) is 9.03. The van der Waals surface area contributed by atoms with Gasteiger partial charge >= 0.3 is 0 Å². The number of ketones is 1. The highest BCUT2D eigenvalue weighted by molar-refractivity contribution is 6.03. The highest BCUT2D eigenvalue weighted by atomic mass is 16.5. The number of nitrogens with zero attached hydrogens (tertiary/aromatic N) is 1. The van der Waals surface area contributed by atoms with Gasteiger partial charge in [0.1, 0.15) is 5.75 Å². The minimum atomic E-state index is -0.549. The summed E-state index contributed by atoms with van der Waals surface area (Å²) in [5, 5.41) is 3.87. The maximum absolute atomic E-state index is 13.1. The number of hydrogen-bond acceptors (Lipinski definition) is 4. The molecule has 2 amide bonds. The molecule has 1 saturated heterocycles. The molecule has 2 aromatic carbocycles. The zero-order chi connectivity index (χ0) is 23.3. The number of carbonyl (C=O) groups is 3. The maximum Gasteiger partial charge on any atom is 0.265 e. The Bertz CT molecular complexity index is 1280. The first-order valence-electron chi connectivity index (χ1n) is 11.4. The van der Waals surface area contributed by atoms with Gasteiger partial charge in [0.25, 0.3) is 11.8 Å². The normalized spacial score (nSPS) is 18.6. The fourth-order valence-corrected chi connectivity index (χ4v) is 4.72. The summed E-state index contributed by atoms with van der Waals surface area (Å²) >= 11 is 0. The van der Waals surface area contributed by atoms with E-state index in [0.29, 0.717) is 48.5 Å². The molecule has 5 rings (SSSR count). The number of Topliss-reactive ketones (excluding diaryl/α,β-unsaturated/α-hetero) is 1. The second kappa shape index (κ2) is 8.06. The SMILES string of the molecule is Cc1[nH]c2ccc(C(=O)N3CCC(C(=O)c4ccc5c(c4)NC(=O)C(C)O5)CC3)cc2c1C. The predicted molar refractivity (Wildman–Crippen MR) is 126 cm³/mol. The number of nitrogens with one attached hydrogen (secondary N) is 2. The van der Waals surface area contributed by atoms with Gasteiger partial charge in [0.2, 0.25) is 0 Å². The van der Waals surface area contributed by atoms with Gasteiger partial charge in [-0.2, -0.15) is 0 Å². The van der Waals surface area contributed by atoms with Gasteiger partial charge < -0.3 is 19.9 Å². The Morgan fingerprint density at radius 3 is 2.52 bits per heavy atom. The molecule has 3 heterocycles. The van der Waals surface area contributed by atoms with Crippen molar-refractivity contribution in [3.05, 3.63) is 58.8 Å². The van der Waals surface area contributed by atoms with Crippen molar-refractivity contribution in [3.8, 4) is 5.75 Å². The van der Waals surface area contributed by atoms with Gasteiger partial charge in [0.15, 0.2) is 11.9 Å². The van der Waals surface area contributed by atoms with E-state index in [9.17, 15) is 14.4 Å². The number of likely N-dealkylation sites (tertiary alicyclic amines) is 1. The molecule has 1 atom stereocenters. The fraction of sp³-hybridized carbons (Fsp3) is 0.346. The van der Waals surface area contributed by atoms with Crippen molar-refractivity contribution in [1.82, 2.24) is 9.88 Å². The van der Waals surface area contributed by atoms with Gasteiger partial charge in [0, 0.05) is 46.7 Å². The number of benzene rings is 2. The molecule has 0 radical (unpaired) electrons. The standard InChI is InChI=1S/C26H27N3O4/c1-14-15(2)27-21-6-4-19(12-20(14)21)26(32)29-10-8-17(9-11-29)24(30)18-5-7-23-22(13-18)28-25(31)16(3)33-23/h4-7,12-13,16-17,27H,8-11H2,1-3H3,(H,28,31). The van der Waals surface area contributed by atoms with Gasteiger partial charge in [-0.15, -0.1) is 0 Å². The topological polar surface area (TPSA) is 91.5 Å². The summed E-state index contributed by atoms with van der Waals surface area (Å²) in [6, 6.07) is 10.9. The smallest absolute Gasteiger partial charge is 0.265 e. The van der Waals surface area contributed by atoms with Gasteiger partial charge in [-0.25, -0.2) is 0 Å². The van der Waals surface area contributed by atoms with Crippen molar-refractivity contribution in [2.45, 2.75) is 39.7 Å². The van der Waals surface area contributed by atoms with E-state index in [1.165, 1.54) is 0 Å². The Kier molecular flexibility index (Phi) is 5.19. The van der Waals surface area contributed by atoms with Crippen molar-refractivity contribution in [2.75, 3.05) is 18.4 Å². The fourth-order valence-electron chi connectivity index (χ4n) is 4.72. The number of rotatable bonds is 3.